The normalized spacial score (nSPS) is 11.0. The number of nitrogens with zero attached hydrogens (tertiary/aromatic N) is 3. The molecule has 7 heteroatoms. The van der Waals surface area contributed by atoms with Gasteiger partial charge < -0.3 is 4.42 Å². The fraction of sp³-hybridized carbons (Fsp3) is 0.0556. The Kier molecular flexibility index (Phi) is 4.29. The van der Waals surface area contributed by atoms with E-state index in [-0.39, 0.29) is 5.89 Å². The van der Waals surface area contributed by atoms with Crippen molar-refractivity contribution in [3.05, 3.63) is 76.3 Å². The van der Waals surface area contributed by atoms with E-state index in [1.165, 1.54) is 17.4 Å². The van der Waals surface area contributed by atoms with Crippen molar-refractivity contribution in [2.45, 2.75) is 6.42 Å². The molecule has 0 unspecified atom stereocenters. The summed E-state index contributed by atoms with van der Waals surface area (Å²) in [6.07, 6.45) is 0.394. The zero-order valence-corrected chi connectivity index (χ0v) is 14.4. The Morgan fingerprint density at radius 1 is 1.04 bits per heavy atom. The Morgan fingerprint density at radius 2 is 1.84 bits per heavy atom. The van der Waals surface area contributed by atoms with Crippen LogP contribution in [-0.4, -0.2) is 15.2 Å². The topological polar surface area (TPSA) is 51.8 Å². The molecule has 2 heterocycles. The van der Waals surface area contributed by atoms with E-state index in [0.29, 0.717) is 22.9 Å². The minimum Gasteiger partial charge on any atom is -0.420 e. The number of hydrogen-bond acceptors (Lipinski definition) is 5. The molecule has 0 aliphatic rings. The minimum atomic E-state index is -0.392. The number of hydrogen-bond donors (Lipinski definition) is 0. The maximum absolute atomic E-state index is 13.8. The smallest absolute Gasteiger partial charge is 0.250 e. The van der Waals surface area contributed by atoms with Gasteiger partial charge in [0.05, 0.1) is 17.7 Å². The summed E-state index contributed by atoms with van der Waals surface area (Å²) < 4.78 is 19.4. The van der Waals surface area contributed by atoms with Crippen LogP contribution in [0.3, 0.4) is 0 Å². The first-order valence-electron chi connectivity index (χ1n) is 7.46. The molecule has 25 heavy (non-hydrogen) atoms. The van der Waals surface area contributed by atoms with Crippen molar-refractivity contribution < 1.29 is 8.81 Å². The van der Waals surface area contributed by atoms with E-state index in [2.05, 4.69) is 15.2 Å². The zero-order valence-electron chi connectivity index (χ0n) is 12.8. The van der Waals surface area contributed by atoms with Gasteiger partial charge in [0.25, 0.3) is 5.89 Å². The molecule has 2 aromatic heterocycles. The lowest BCUT2D eigenvalue weighted by Gasteiger charge is -1.96. The number of thiazole rings is 1. The molecule has 124 valence electrons. The van der Waals surface area contributed by atoms with Crippen molar-refractivity contribution in [2.75, 3.05) is 0 Å². The predicted octanol–water partition coefficient (Wildman–Crippen LogP) is 5.24. The summed E-state index contributed by atoms with van der Waals surface area (Å²) in [7, 11) is 0. The Balaban J connectivity index is 1.54. The quantitative estimate of drug-likeness (QED) is 0.492. The first-order chi connectivity index (χ1) is 12.2. The molecule has 0 aliphatic carbocycles. The van der Waals surface area contributed by atoms with Gasteiger partial charge >= 0.3 is 0 Å². The number of halogens is 2. The maximum atomic E-state index is 13.8. The fourth-order valence-electron chi connectivity index (χ4n) is 2.34. The van der Waals surface area contributed by atoms with Crippen molar-refractivity contribution in [1.82, 2.24) is 15.2 Å². The van der Waals surface area contributed by atoms with Gasteiger partial charge in [-0.25, -0.2) is 9.37 Å². The van der Waals surface area contributed by atoms with Gasteiger partial charge in [0.1, 0.15) is 10.8 Å². The average molecular weight is 372 g/mol. The summed E-state index contributed by atoms with van der Waals surface area (Å²) >= 11 is 7.43. The van der Waals surface area contributed by atoms with Gasteiger partial charge in [0.15, 0.2) is 0 Å². The standard InChI is InChI=1S/C18H11ClFN3OS/c19-12-7-5-11(6-8-12)18-21-13(10-25-18)9-16-22-23-17(24-16)14-3-1-2-4-15(14)20/h1-8,10H,9H2. The van der Waals surface area contributed by atoms with E-state index in [0.717, 1.165) is 16.3 Å². The molecule has 2 aromatic carbocycles. The SMILES string of the molecule is Fc1ccccc1-c1nnc(Cc2csc(-c3ccc(Cl)cc3)n2)o1. The molecule has 0 atom stereocenters. The van der Waals surface area contributed by atoms with Crippen molar-refractivity contribution in [3.63, 3.8) is 0 Å². The van der Waals surface area contributed by atoms with Crippen LogP contribution in [-0.2, 0) is 6.42 Å². The van der Waals surface area contributed by atoms with Crippen molar-refractivity contribution >= 4 is 22.9 Å². The van der Waals surface area contributed by atoms with Crippen LogP contribution in [0.1, 0.15) is 11.6 Å². The molecule has 0 N–H and O–H groups in total. The fourth-order valence-corrected chi connectivity index (χ4v) is 3.29. The molecule has 4 aromatic rings. The third-order valence-corrected chi connectivity index (χ3v) is 4.74. The van der Waals surface area contributed by atoms with Gasteiger partial charge in [-0.15, -0.1) is 21.5 Å². The molecular formula is C18H11ClFN3OS. The summed E-state index contributed by atoms with van der Waals surface area (Å²) in [5.74, 6) is 0.170. The van der Waals surface area contributed by atoms with E-state index < -0.39 is 5.82 Å². The van der Waals surface area contributed by atoms with E-state index >= 15 is 0 Å². The van der Waals surface area contributed by atoms with Crippen LogP contribution in [0.4, 0.5) is 4.39 Å². The summed E-state index contributed by atoms with van der Waals surface area (Å²) in [5.41, 5.74) is 2.11. The number of benzene rings is 2. The molecule has 0 saturated heterocycles. The van der Waals surface area contributed by atoms with Gasteiger partial charge in [-0.1, -0.05) is 35.9 Å². The molecule has 0 bridgehead atoms. The van der Waals surface area contributed by atoms with Crippen molar-refractivity contribution in [2.24, 2.45) is 0 Å². The van der Waals surface area contributed by atoms with Crippen LogP contribution in [0.5, 0.6) is 0 Å². The molecule has 4 rings (SSSR count). The molecule has 0 amide bonds. The van der Waals surface area contributed by atoms with Crippen LogP contribution in [0.15, 0.2) is 58.3 Å². The lowest BCUT2D eigenvalue weighted by molar-refractivity contribution is 0.511. The van der Waals surface area contributed by atoms with Crippen molar-refractivity contribution in [3.8, 4) is 22.0 Å². The van der Waals surface area contributed by atoms with Crippen LogP contribution < -0.4 is 0 Å². The molecule has 0 aliphatic heterocycles. The van der Waals surface area contributed by atoms with E-state index in [1.54, 1.807) is 18.2 Å². The van der Waals surface area contributed by atoms with Crippen LogP contribution >= 0.6 is 22.9 Å². The monoisotopic (exact) mass is 371 g/mol. The minimum absolute atomic E-state index is 0.168. The zero-order chi connectivity index (χ0) is 17.2. The van der Waals surface area contributed by atoms with Crippen LogP contribution in [0.2, 0.25) is 5.02 Å². The molecule has 0 radical (unpaired) electrons. The molecule has 4 nitrogen and oxygen atoms in total. The third-order valence-electron chi connectivity index (χ3n) is 3.55. The van der Waals surface area contributed by atoms with Crippen molar-refractivity contribution in [1.29, 1.82) is 0 Å². The number of rotatable bonds is 4. The van der Waals surface area contributed by atoms with E-state index in [9.17, 15) is 4.39 Å². The number of aromatic nitrogens is 3. The maximum Gasteiger partial charge on any atom is 0.250 e. The highest BCUT2D eigenvalue weighted by atomic mass is 35.5. The largest absolute Gasteiger partial charge is 0.420 e. The predicted molar refractivity (Wildman–Crippen MR) is 95.1 cm³/mol. The third kappa shape index (κ3) is 3.45. The highest BCUT2D eigenvalue weighted by Gasteiger charge is 2.14. The molecular weight excluding hydrogens is 361 g/mol. The average Bonchev–Trinajstić information content (AvgIpc) is 3.26. The Bertz CT molecular complexity index is 1010. The highest BCUT2D eigenvalue weighted by Crippen LogP contribution is 2.27. The first kappa shape index (κ1) is 15.9. The summed E-state index contributed by atoms with van der Waals surface area (Å²) in [6, 6.07) is 13.8. The Morgan fingerprint density at radius 3 is 2.64 bits per heavy atom. The Hall–Kier alpha value is -2.57. The highest BCUT2D eigenvalue weighted by molar-refractivity contribution is 7.13. The lowest BCUT2D eigenvalue weighted by Crippen LogP contribution is -1.88. The first-order valence-corrected chi connectivity index (χ1v) is 8.72. The Labute approximate surface area is 151 Å². The molecule has 0 fully saturated rings. The lowest BCUT2D eigenvalue weighted by atomic mass is 10.2. The second kappa shape index (κ2) is 6.74. The molecule has 0 spiro atoms. The van der Waals surface area contributed by atoms with Crippen LogP contribution in [0.25, 0.3) is 22.0 Å². The van der Waals surface area contributed by atoms with Gasteiger partial charge in [-0.3, -0.25) is 0 Å². The van der Waals surface area contributed by atoms with E-state index in [4.69, 9.17) is 16.0 Å². The second-order valence-electron chi connectivity index (χ2n) is 5.31. The molecule has 0 saturated carbocycles. The van der Waals surface area contributed by atoms with Gasteiger partial charge in [0.2, 0.25) is 5.89 Å². The van der Waals surface area contributed by atoms with Gasteiger partial charge in [-0.2, -0.15) is 0 Å². The van der Waals surface area contributed by atoms with Gasteiger partial charge in [-0.05, 0) is 24.3 Å². The van der Waals surface area contributed by atoms with Gasteiger partial charge in [0, 0.05) is 16.0 Å². The second-order valence-corrected chi connectivity index (χ2v) is 6.60. The van der Waals surface area contributed by atoms with E-state index in [1.807, 2.05) is 29.6 Å². The van der Waals surface area contributed by atoms with Crippen LogP contribution in [0, 0.1) is 5.82 Å². The summed E-state index contributed by atoms with van der Waals surface area (Å²) in [6.45, 7) is 0. The summed E-state index contributed by atoms with van der Waals surface area (Å²) in [5, 5.41) is 11.4. The summed E-state index contributed by atoms with van der Waals surface area (Å²) in [4.78, 5) is 4.58.